The molecule has 0 heterocycles. The van der Waals surface area contributed by atoms with Gasteiger partial charge in [0.1, 0.15) is 0 Å². The molecule has 0 unspecified atom stereocenters. The van der Waals surface area contributed by atoms with Crippen molar-refractivity contribution >= 4 is 36.3 Å². The van der Waals surface area contributed by atoms with Crippen molar-refractivity contribution in [2.24, 2.45) is 0 Å². The highest BCUT2D eigenvalue weighted by atomic mass is 32.2. The van der Waals surface area contributed by atoms with Crippen LogP contribution in [0.2, 0.25) is 36.3 Å². The SMILES string of the molecule is C=CCCO[Si](C)(C)C(C)(C)C.C=CS(=O)(=O)c1ccccc1.CC(C)(C)[Si](C)(C)OCCC=CS(=O)(=O)c1ccccc1. The first-order valence-corrected chi connectivity index (χ1v) is 23.7. The Balaban J connectivity index is 0.000000684. The van der Waals surface area contributed by atoms with Gasteiger partial charge in [-0.25, -0.2) is 16.8 Å². The van der Waals surface area contributed by atoms with Gasteiger partial charge < -0.3 is 8.85 Å². The average Bonchev–Trinajstić information content (AvgIpc) is 2.93. The summed E-state index contributed by atoms with van der Waals surface area (Å²) in [5, 5.41) is 2.72. The molecule has 0 aromatic heterocycles. The van der Waals surface area contributed by atoms with Crippen LogP contribution in [0.4, 0.5) is 0 Å². The molecule has 0 radical (unpaired) electrons. The topological polar surface area (TPSA) is 86.7 Å². The van der Waals surface area contributed by atoms with E-state index in [0.29, 0.717) is 23.0 Å². The standard InChI is InChI=1S/C16H26O3SSi.C10H22OSi.C8H8O2S/c1-16(2,3)21(4,5)19-13-9-10-14-20(17,18)15-11-7-6-8-12-15;1-7-8-9-11-12(5,6)10(2,3)4;1-2-11(9,10)8-6-4-3-5-7-8/h6-8,10-12,14H,9,13H2,1-5H3;7H,1,8-9H2,2-6H3;2-7H,1H2. The zero-order chi connectivity index (χ0) is 34.3. The van der Waals surface area contributed by atoms with Crippen molar-refractivity contribution in [3.05, 3.63) is 96.8 Å². The number of hydrogen-bond acceptors (Lipinski definition) is 6. The van der Waals surface area contributed by atoms with Gasteiger partial charge >= 0.3 is 0 Å². The van der Waals surface area contributed by atoms with Crippen LogP contribution in [0.1, 0.15) is 54.4 Å². The Labute approximate surface area is 271 Å². The molecule has 0 aliphatic heterocycles. The fourth-order valence-electron chi connectivity index (χ4n) is 2.80. The second-order valence-corrected chi connectivity index (χ2v) is 26.7. The van der Waals surface area contributed by atoms with E-state index < -0.39 is 36.3 Å². The van der Waals surface area contributed by atoms with Gasteiger partial charge in [0.25, 0.3) is 0 Å². The summed E-state index contributed by atoms with van der Waals surface area (Å²) >= 11 is 0. The Kier molecular flexibility index (Phi) is 17.3. The van der Waals surface area contributed by atoms with E-state index in [1.807, 2.05) is 6.08 Å². The van der Waals surface area contributed by atoms with E-state index in [1.165, 1.54) is 17.5 Å². The Morgan fingerprint density at radius 1 is 0.636 bits per heavy atom. The highest BCUT2D eigenvalue weighted by Crippen LogP contribution is 2.37. The van der Waals surface area contributed by atoms with Gasteiger partial charge in [-0.1, -0.05) is 96.7 Å². The molecule has 2 aromatic carbocycles. The van der Waals surface area contributed by atoms with Crippen LogP contribution in [0, 0.1) is 0 Å². The molecule has 0 atom stereocenters. The van der Waals surface area contributed by atoms with Crippen LogP contribution in [-0.2, 0) is 28.5 Å². The summed E-state index contributed by atoms with van der Waals surface area (Å²) in [7, 11) is -9.80. The molecular formula is C34H56O6S2Si2. The van der Waals surface area contributed by atoms with Crippen LogP contribution in [0.3, 0.4) is 0 Å². The van der Waals surface area contributed by atoms with Crippen molar-refractivity contribution in [1.82, 2.24) is 0 Å². The number of sulfone groups is 2. The molecule has 0 amide bonds. The zero-order valence-electron chi connectivity index (χ0n) is 28.6. The first-order chi connectivity index (χ1) is 20.0. The molecule has 0 fully saturated rings. The number of benzene rings is 2. The van der Waals surface area contributed by atoms with Crippen LogP contribution in [0.5, 0.6) is 0 Å². The molecule has 0 spiro atoms. The second-order valence-electron chi connectivity index (χ2n) is 13.3. The Morgan fingerprint density at radius 3 is 1.34 bits per heavy atom. The van der Waals surface area contributed by atoms with Gasteiger partial charge in [0, 0.05) is 24.0 Å². The van der Waals surface area contributed by atoms with E-state index >= 15 is 0 Å². The quantitative estimate of drug-likeness (QED) is 0.126. The number of rotatable bonds is 12. The van der Waals surface area contributed by atoms with E-state index in [1.54, 1.807) is 54.6 Å². The van der Waals surface area contributed by atoms with Gasteiger partial charge in [-0.2, -0.15) is 0 Å². The smallest absolute Gasteiger partial charge is 0.199 e. The van der Waals surface area contributed by atoms with E-state index in [0.717, 1.165) is 18.4 Å². The lowest BCUT2D eigenvalue weighted by atomic mass is 10.2. The molecule has 0 bridgehead atoms. The highest BCUT2D eigenvalue weighted by molar-refractivity contribution is 7.94. The molecule has 2 aromatic rings. The first kappa shape index (κ1) is 41.9. The maximum atomic E-state index is 12.0. The van der Waals surface area contributed by atoms with Crippen LogP contribution in [0.25, 0.3) is 0 Å². The van der Waals surface area contributed by atoms with Gasteiger partial charge in [0.05, 0.1) is 9.79 Å². The van der Waals surface area contributed by atoms with E-state index in [9.17, 15) is 16.8 Å². The lowest BCUT2D eigenvalue weighted by Crippen LogP contribution is -2.40. The minimum atomic E-state index is -3.33. The summed E-state index contributed by atoms with van der Waals surface area (Å²) in [6.07, 6.45) is 5.16. The molecule has 0 saturated heterocycles. The van der Waals surface area contributed by atoms with Gasteiger partial charge in [0.15, 0.2) is 36.3 Å². The van der Waals surface area contributed by atoms with Crippen molar-refractivity contribution < 1.29 is 25.7 Å². The molecule has 6 nitrogen and oxygen atoms in total. The van der Waals surface area contributed by atoms with Crippen LogP contribution >= 0.6 is 0 Å². The molecular weight excluding hydrogens is 625 g/mol. The summed E-state index contributed by atoms with van der Waals surface area (Å²) in [6, 6.07) is 16.7. The van der Waals surface area contributed by atoms with Crippen LogP contribution in [0.15, 0.2) is 107 Å². The van der Waals surface area contributed by atoms with Gasteiger partial charge in [-0.3, -0.25) is 0 Å². The maximum Gasteiger partial charge on any atom is 0.199 e. The summed E-state index contributed by atoms with van der Waals surface area (Å²) in [5.41, 5.74) is 0. The van der Waals surface area contributed by atoms with Crippen molar-refractivity contribution in [2.45, 2.75) is 100 Å². The Morgan fingerprint density at radius 2 is 1.00 bits per heavy atom. The molecule has 248 valence electrons. The Hall–Kier alpha value is -2.09. The molecule has 10 heteroatoms. The lowest BCUT2D eigenvalue weighted by molar-refractivity contribution is 0.294. The van der Waals surface area contributed by atoms with E-state index in [4.69, 9.17) is 8.85 Å². The van der Waals surface area contributed by atoms with Gasteiger partial charge in [0.2, 0.25) is 0 Å². The monoisotopic (exact) mass is 680 g/mol. The molecule has 0 saturated carbocycles. The minimum Gasteiger partial charge on any atom is -0.417 e. The minimum absolute atomic E-state index is 0.173. The van der Waals surface area contributed by atoms with E-state index in [2.05, 4.69) is 80.9 Å². The zero-order valence-corrected chi connectivity index (χ0v) is 32.2. The third-order valence-corrected chi connectivity index (χ3v) is 19.7. The summed E-state index contributed by atoms with van der Waals surface area (Å²) < 4.78 is 58.1. The van der Waals surface area contributed by atoms with Gasteiger partial charge in [-0.05, 0) is 73.4 Å². The van der Waals surface area contributed by atoms with Crippen molar-refractivity contribution in [3.8, 4) is 0 Å². The van der Waals surface area contributed by atoms with Crippen LogP contribution in [-0.4, -0.2) is 46.7 Å². The third-order valence-electron chi connectivity index (χ3n) is 7.78. The fraction of sp³-hybridized carbons (Fsp3) is 0.471. The molecule has 0 N–H and O–H groups in total. The third kappa shape index (κ3) is 15.3. The largest absolute Gasteiger partial charge is 0.417 e. The highest BCUT2D eigenvalue weighted by Gasteiger charge is 2.37. The summed E-state index contributed by atoms with van der Waals surface area (Å²) in [4.78, 5) is 0.613. The van der Waals surface area contributed by atoms with Crippen molar-refractivity contribution in [2.75, 3.05) is 13.2 Å². The van der Waals surface area contributed by atoms with Crippen molar-refractivity contribution in [1.29, 1.82) is 0 Å². The summed E-state index contributed by atoms with van der Waals surface area (Å²) in [6.45, 7) is 30.6. The average molecular weight is 681 g/mol. The number of hydrogen-bond donors (Lipinski definition) is 0. The fourth-order valence-corrected chi connectivity index (χ4v) is 6.74. The maximum absolute atomic E-state index is 12.0. The van der Waals surface area contributed by atoms with Crippen LogP contribution < -0.4 is 0 Å². The molecule has 0 aliphatic rings. The van der Waals surface area contributed by atoms with Gasteiger partial charge in [-0.15, -0.1) is 6.58 Å². The van der Waals surface area contributed by atoms with E-state index in [-0.39, 0.29) is 9.93 Å². The second kappa shape index (κ2) is 18.2. The molecule has 2 rings (SSSR count). The molecule has 44 heavy (non-hydrogen) atoms. The Bertz CT molecular complexity index is 1370. The lowest BCUT2D eigenvalue weighted by Gasteiger charge is -2.36. The normalized spacial score (nSPS) is 12.9. The first-order valence-electron chi connectivity index (χ1n) is 14.8. The predicted molar refractivity (Wildman–Crippen MR) is 192 cm³/mol. The van der Waals surface area contributed by atoms with Crippen molar-refractivity contribution in [3.63, 3.8) is 0 Å². The molecule has 0 aliphatic carbocycles. The summed E-state index contributed by atoms with van der Waals surface area (Å²) in [5.74, 6) is 0. The predicted octanol–water partition coefficient (Wildman–Crippen LogP) is 9.57.